The molecule has 2 fully saturated rings. The molecule has 1 saturated heterocycles. The third-order valence-electron chi connectivity index (χ3n) is 5.16. The topological polar surface area (TPSA) is 15.7 Å². The summed E-state index contributed by atoms with van der Waals surface area (Å²) in [5.41, 5.74) is 1.30. The molecule has 2 aliphatic rings. The highest BCUT2D eigenvalue weighted by Gasteiger charge is 2.27. The fourth-order valence-corrected chi connectivity index (χ4v) is 3.89. The Bertz CT molecular complexity index is 454. The summed E-state index contributed by atoms with van der Waals surface area (Å²) >= 11 is 0. The van der Waals surface area contributed by atoms with Crippen molar-refractivity contribution in [3.8, 4) is 5.75 Å². The maximum absolute atomic E-state index is 5.34. The molecule has 3 nitrogen and oxygen atoms in total. The molecule has 0 spiro atoms. The third-order valence-corrected chi connectivity index (χ3v) is 5.16. The Balaban J connectivity index is 1.57. The Morgan fingerprint density at radius 2 is 1.90 bits per heavy atom. The molecule has 0 amide bonds. The number of hydrogen-bond donors (Lipinski definition) is 0. The summed E-state index contributed by atoms with van der Waals surface area (Å²) in [7, 11) is 1.74. The van der Waals surface area contributed by atoms with E-state index in [9.17, 15) is 0 Å². The zero-order chi connectivity index (χ0) is 14.7. The first-order chi connectivity index (χ1) is 10.3. The van der Waals surface area contributed by atoms with E-state index in [-0.39, 0.29) is 0 Å². The molecule has 116 valence electrons. The Labute approximate surface area is 128 Å². The maximum atomic E-state index is 5.34. The molecule has 0 N–H and O–H groups in total. The van der Waals surface area contributed by atoms with E-state index >= 15 is 0 Å². The number of ether oxygens (including phenoxy) is 1. The minimum Gasteiger partial charge on any atom is -0.497 e. The summed E-state index contributed by atoms with van der Waals surface area (Å²) in [6.45, 7) is 7.10. The van der Waals surface area contributed by atoms with Gasteiger partial charge in [0.1, 0.15) is 5.75 Å². The average molecular weight is 288 g/mol. The number of hydrogen-bond acceptors (Lipinski definition) is 3. The minimum absolute atomic E-state index is 0.834. The van der Waals surface area contributed by atoms with E-state index < -0.39 is 0 Å². The Hall–Kier alpha value is -1.22. The Kier molecular flexibility index (Phi) is 4.69. The predicted octanol–water partition coefficient (Wildman–Crippen LogP) is 3.40. The molecule has 1 aliphatic carbocycles. The van der Waals surface area contributed by atoms with Crippen LogP contribution in [0.3, 0.4) is 0 Å². The molecule has 3 rings (SSSR count). The lowest BCUT2D eigenvalue weighted by Crippen LogP contribution is -2.51. The van der Waals surface area contributed by atoms with E-state index in [2.05, 4.69) is 34.9 Å². The van der Waals surface area contributed by atoms with Crippen LogP contribution < -0.4 is 9.64 Å². The second-order valence-corrected chi connectivity index (χ2v) is 6.65. The SMILES string of the molecule is COc1cccc(N2CCN([C@@H]3CCC[C@H](C)C3)CC2)c1. The second-order valence-electron chi connectivity index (χ2n) is 6.65. The fraction of sp³-hybridized carbons (Fsp3) is 0.667. The maximum Gasteiger partial charge on any atom is 0.120 e. The molecule has 0 unspecified atom stereocenters. The van der Waals surface area contributed by atoms with Crippen molar-refractivity contribution in [1.82, 2.24) is 4.90 Å². The molecule has 1 heterocycles. The largest absolute Gasteiger partial charge is 0.497 e. The van der Waals surface area contributed by atoms with Crippen LogP contribution in [0.15, 0.2) is 24.3 Å². The lowest BCUT2D eigenvalue weighted by Gasteiger charge is -2.42. The third kappa shape index (κ3) is 3.52. The summed E-state index contributed by atoms with van der Waals surface area (Å²) in [5, 5.41) is 0. The van der Waals surface area contributed by atoms with Crippen molar-refractivity contribution in [3.63, 3.8) is 0 Å². The van der Waals surface area contributed by atoms with E-state index in [4.69, 9.17) is 4.74 Å². The molecular weight excluding hydrogens is 260 g/mol. The van der Waals surface area contributed by atoms with Crippen LogP contribution in [0.4, 0.5) is 5.69 Å². The molecule has 1 saturated carbocycles. The minimum atomic E-state index is 0.834. The van der Waals surface area contributed by atoms with Crippen molar-refractivity contribution in [2.75, 3.05) is 38.2 Å². The highest BCUT2D eigenvalue weighted by molar-refractivity contribution is 5.51. The highest BCUT2D eigenvalue weighted by atomic mass is 16.5. The zero-order valence-corrected chi connectivity index (χ0v) is 13.4. The van der Waals surface area contributed by atoms with Gasteiger partial charge in [-0.05, 0) is 30.9 Å². The van der Waals surface area contributed by atoms with Crippen LogP contribution >= 0.6 is 0 Å². The number of anilines is 1. The van der Waals surface area contributed by atoms with Crippen LogP contribution in [-0.2, 0) is 0 Å². The van der Waals surface area contributed by atoms with E-state index in [1.54, 1.807) is 7.11 Å². The van der Waals surface area contributed by atoms with Gasteiger partial charge in [0.25, 0.3) is 0 Å². The quantitative estimate of drug-likeness (QED) is 0.848. The second kappa shape index (κ2) is 6.69. The van der Waals surface area contributed by atoms with Crippen molar-refractivity contribution in [2.24, 2.45) is 5.92 Å². The van der Waals surface area contributed by atoms with Gasteiger partial charge in [0, 0.05) is 44.0 Å². The lowest BCUT2D eigenvalue weighted by atomic mass is 9.86. The van der Waals surface area contributed by atoms with Gasteiger partial charge in [-0.15, -0.1) is 0 Å². The molecule has 1 aromatic carbocycles. The van der Waals surface area contributed by atoms with Crippen molar-refractivity contribution >= 4 is 5.69 Å². The summed E-state index contributed by atoms with van der Waals surface area (Å²) < 4.78 is 5.34. The van der Waals surface area contributed by atoms with Gasteiger partial charge < -0.3 is 9.64 Å². The zero-order valence-electron chi connectivity index (χ0n) is 13.4. The summed E-state index contributed by atoms with van der Waals surface area (Å²) in [4.78, 5) is 5.22. The number of methoxy groups -OCH3 is 1. The average Bonchev–Trinajstić information content (AvgIpc) is 2.55. The van der Waals surface area contributed by atoms with Crippen LogP contribution in [0.2, 0.25) is 0 Å². The standard InChI is InChI=1S/C18H28N2O/c1-15-5-3-6-16(13-15)19-9-11-20(12-10-19)17-7-4-8-18(14-17)21-2/h4,7-8,14-16H,3,5-6,9-13H2,1-2H3/t15-,16+/m0/s1. The van der Waals surface area contributed by atoms with Crippen molar-refractivity contribution in [2.45, 2.75) is 38.6 Å². The molecule has 0 radical (unpaired) electrons. The first-order valence-corrected chi connectivity index (χ1v) is 8.39. The summed E-state index contributed by atoms with van der Waals surface area (Å²) in [6.07, 6.45) is 5.66. The van der Waals surface area contributed by atoms with Gasteiger partial charge in [-0.2, -0.15) is 0 Å². The molecule has 0 bridgehead atoms. The number of rotatable bonds is 3. The van der Waals surface area contributed by atoms with E-state index in [0.29, 0.717) is 0 Å². The van der Waals surface area contributed by atoms with Gasteiger partial charge in [-0.3, -0.25) is 4.90 Å². The van der Waals surface area contributed by atoms with Gasteiger partial charge in [0.05, 0.1) is 7.11 Å². The van der Waals surface area contributed by atoms with Crippen LogP contribution in [0.5, 0.6) is 5.75 Å². The predicted molar refractivity (Wildman–Crippen MR) is 88.2 cm³/mol. The highest BCUT2D eigenvalue weighted by Crippen LogP contribution is 2.29. The Morgan fingerprint density at radius 3 is 2.62 bits per heavy atom. The van der Waals surface area contributed by atoms with Gasteiger partial charge >= 0.3 is 0 Å². The van der Waals surface area contributed by atoms with E-state index in [0.717, 1.165) is 30.8 Å². The van der Waals surface area contributed by atoms with E-state index in [1.807, 2.05) is 6.07 Å². The van der Waals surface area contributed by atoms with Crippen molar-refractivity contribution in [1.29, 1.82) is 0 Å². The van der Waals surface area contributed by atoms with Crippen molar-refractivity contribution in [3.05, 3.63) is 24.3 Å². The molecule has 21 heavy (non-hydrogen) atoms. The first-order valence-electron chi connectivity index (χ1n) is 8.39. The van der Waals surface area contributed by atoms with Gasteiger partial charge in [0.15, 0.2) is 0 Å². The van der Waals surface area contributed by atoms with E-state index in [1.165, 1.54) is 44.5 Å². The van der Waals surface area contributed by atoms with Crippen molar-refractivity contribution < 1.29 is 4.74 Å². The molecule has 1 aromatic rings. The van der Waals surface area contributed by atoms with Gasteiger partial charge in [-0.25, -0.2) is 0 Å². The van der Waals surface area contributed by atoms with Gasteiger partial charge in [-0.1, -0.05) is 25.8 Å². The number of piperazine rings is 1. The Morgan fingerprint density at radius 1 is 1.10 bits per heavy atom. The monoisotopic (exact) mass is 288 g/mol. The molecular formula is C18H28N2O. The van der Waals surface area contributed by atoms with Crippen LogP contribution in [0.1, 0.15) is 32.6 Å². The lowest BCUT2D eigenvalue weighted by molar-refractivity contribution is 0.127. The van der Waals surface area contributed by atoms with Crippen LogP contribution in [-0.4, -0.2) is 44.2 Å². The summed E-state index contributed by atoms with van der Waals surface area (Å²) in [6, 6.07) is 9.28. The number of benzene rings is 1. The number of nitrogens with zero attached hydrogens (tertiary/aromatic N) is 2. The molecule has 3 heteroatoms. The fourth-order valence-electron chi connectivity index (χ4n) is 3.89. The normalized spacial score (nSPS) is 27.6. The summed E-state index contributed by atoms with van der Waals surface area (Å²) in [5.74, 6) is 1.87. The first kappa shape index (κ1) is 14.7. The smallest absolute Gasteiger partial charge is 0.120 e. The van der Waals surface area contributed by atoms with Crippen LogP contribution in [0.25, 0.3) is 0 Å². The molecule has 1 aliphatic heterocycles. The molecule has 2 atom stereocenters. The molecule has 0 aromatic heterocycles. The van der Waals surface area contributed by atoms with Crippen LogP contribution in [0, 0.1) is 5.92 Å². The van der Waals surface area contributed by atoms with Gasteiger partial charge in [0.2, 0.25) is 0 Å².